The number of ether oxygens (including phenoxy) is 1. The zero-order valence-electron chi connectivity index (χ0n) is 10.6. The van der Waals surface area contributed by atoms with E-state index in [2.05, 4.69) is 0 Å². The lowest BCUT2D eigenvalue weighted by Crippen LogP contribution is -2.38. The largest absolute Gasteiger partial charge is 0.465 e. The van der Waals surface area contributed by atoms with E-state index in [1.54, 1.807) is 11.8 Å². The molecule has 96 valence electrons. The number of likely N-dealkylation sites (N-methyl/N-ethyl adjacent to an activating group) is 1. The van der Waals surface area contributed by atoms with Crippen molar-refractivity contribution in [2.45, 2.75) is 33.1 Å². The second kappa shape index (κ2) is 5.07. The van der Waals surface area contributed by atoms with Crippen molar-refractivity contribution in [1.29, 1.82) is 0 Å². The number of carbonyl (C=O) groups is 2. The molecular formula is C13H21NO3. The summed E-state index contributed by atoms with van der Waals surface area (Å²) in [6, 6.07) is 0. The molecule has 2 aliphatic rings. The fourth-order valence-electron chi connectivity index (χ4n) is 3.11. The molecule has 2 fully saturated rings. The summed E-state index contributed by atoms with van der Waals surface area (Å²) < 4.78 is 4.89. The number of hydrogen-bond donors (Lipinski definition) is 0. The first-order valence-electron chi connectivity index (χ1n) is 6.63. The lowest BCUT2D eigenvalue weighted by Gasteiger charge is -2.20. The Morgan fingerprint density at radius 1 is 1.24 bits per heavy atom. The van der Waals surface area contributed by atoms with E-state index in [4.69, 9.17) is 4.74 Å². The van der Waals surface area contributed by atoms with E-state index in [0.717, 1.165) is 0 Å². The Balaban J connectivity index is 1.86. The van der Waals surface area contributed by atoms with Gasteiger partial charge >= 0.3 is 5.97 Å². The average molecular weight is 239 g/mol. The molecule has 2 rings (SSSR count). The number of hydrogen-bond acceptors (Lipinski definition) is 3. The smallest absolute Gasteiger partial charge is 0.325 e. The maximum absolute atomic E-state index is 12.2. The van der Waals surface area contributed by atoms with Crippen molar-refractivity contribution < 1.29 is 14.3 Å². The van der Waals surface area contributed by atoms with Crippen LogP contribution in [0.3, 0.4) is 0 Å². The number of fused-ring (bicyclic) bond motifs is 1. The van der Waals surface area contributed by atoms with E-state index in [1.807, 2.05) is 6.92 Å². The fraction of sp³-hybridized carbons (Fsp3) is 0.846. The molecule has 0 N–H and O–H groups in total. The van der Waals surface area contributed by atoms with E-state index >= 15 is 0 Å². The van der Waals surface area contributed by atoms with Crippen molar-refractivity contribution in [3.8, 4) is 0 Å². The Bertz CT molecular complexity index is 306. The molecule has 17 heavy (non-hydrogen) atoms. The normalized spacial score (nSPS) is 29.6. The van der Waals surface area contributed by atoms with Crippen molar-refractivity contribution in [1.82, 2.24) is 4.90 Å². The second-order valence-electron chi connectivity index (χ2n) is 4.94. The molecule has 2 aliphatic carbocycles. The first-order valence-corrected chi connectivity index (χ1v) is 6.63. The van der Waals surface area contributed by atoms with E-state index in [9.17, 15) is 9.59 Å². The molecule has 1 amide bonds. The highest BCUT2D eigenvalue weighted by Gasteiger charge is 2.57. The molecule has 0 aromatic rings. The van der Waals surface area contributed by atoms with Gasteiger partial charge < -0.3 is 9.64 Å². The predicted molar refractivity (Wildman–Crippen MR) is 63.2 cm³/mol. The van der Waals surface area contributed by atoms with E-state index in [0.29, 0.717) is 25.0 Å². The standard InChI is InChI=1S/C13H21NO3/c1-3-14(8-11(15)17-4-2)13(16)12-9-6-5-7-10(9)12/h9-10,12H,3-8H2,1-2H3. The molecular weight excluding hydrogens is 218 g/mol. The van der Waals surface area contributed by atoms with Crippen molar-refractivity contribution in [3.63, 3.8) is 0 Å². The summed E-state index contributed by atoms with van der Waals surface area (Å²) in [4.78, 5) is 25.2. The van der Waals surface area contributed by atoms with Crippen LogP contribution >= 0.6 is 0 Å². The lowest BCUT2D eigenvalue weighted by molar-refractivity contribution is -0.149. The molecule has 2 unspecified atom stereocenters. The van der Waals surface area contributed by atoms with Gasteiger partial charge in [-0.3, -0.25) is 9.59 Å². The van der Waals surface area contributed by atoms with Crippen molar-refractivity contribution >= 4 is 11.9 Å². The third-order valence-electron chi connectivity index (χ3n) is 4.01. The van der Waals surface area contributed by atoms with Crippen LogP contribution in [0.4, 0.5) is 0 Å². The molecule has 0 aromatic heterocycles. The van der Waals surface area contributed by atoms with Crippen molar-refractivity contribution in [3.05, 3.63) is 0 Å². The summed E-state index contributed by atoms with van der Waals surface area (Å²) in [6.07, 6.45) is 3.65. The van der Waals surface area contributed by atoms with E-state index < -0.39 is 0 Å². The van der Waals surface area contributed by atoms with Crippen molar-refractivity contribution in [2.75, 3.05) is 19.7 Å². The minimum Gasteiger partial charge on any atom is -0.465 e. The topological polar surface area (TPSA) is 46.6 Å². The van der Waals surface area contributed by atoms with E-state index in [1.165, 1.54) is 19.3 Å². The summed E-state index contributed by atoms with van der Waals surface area (Å²) in [7, 11) is 0. The van der Waals surface area contributed by atoms with Crippen LogP contribution in [0.1, 0.15) is 33.1 Å². The minimum atomic E-state index is -0.298. The number of esters is 1. The van der Waals surface area contributed by atoms with Gasteiger partial charge in [0.15, 0.2) is 0 Å². The van der Waals surface area contributed by atoms with Crippen LogP contribution in [0, 0.1) is 17.8 Å². The maximum Gasteiger partial charge on any atom is 0.325 e. The third kappa shape index (κ3) is 2.45. The molecule has 0 aromatic carbocycles. The highest BCUT2D eigenvalue weighted by atomic mass is 16.5. The molecule has 0 saturated heterocycles. The lowest BCUT2D eigenvalue weighted by atomic mass is 10.1. The Labute approximate surface area is 102 Å². The number of amides is 1. The fourth-order valence-corrected chi connectivity index (χ4v) is 3.11. The van der Waals surface area contributed by atoms with Gasteiger partial charge in [0, 0.05) is 12.5 Å². The SMILES string of the molecule is CCOC(=O)CN(CC)C(=O)C1C2CCCC21. The van der Waals surface area contributed by atoms with Crippen LogP contribution in [-0.2, 0) is 14.3 Å². The Morgan fingerprint density at radius 3 is 2.41 bits per heavy atom. The van der Waals surface area contributed by atoms with Gasteiger partial charge in [0.2, 0.25) is 5.91 Å². The zero-order valence-corrected chi connectivity index (χ0v) is 10.6. The molecule has 4 heteroatoms. The van der Waals surface area contributed by atoms with Crippen LogP contribution in [0.25, 0.3) is 0 Å². The number of rotatable bonds is 5. The molecule has 0 spiro atoms. The third-order valence-corrected chi connectivity index (χ3v) is 4.01. The molecule has 0 heterocycles. The van der Waals surface area contributed by atoms with E-state index in [-0.39, 0.29) is 24.3 Å². The molecule has 0 radical (unpaired) electrons. The Kier molecular flexibility index (Phi) is 3.69. The van der Waals surface area contributed by atoms with Gasteiger partial charge in [-0.25, -0.2) is 0 Å². The molecule has 2 atom stereocenters. The molecule has 2 saturated carbocycles. The summed E-state index contributed by atoms with van der Waals surface area (Å²) in [6.45, 7) is 4.77. The zero-order chi connectivity index (χ0) is 12.4. The Hall–Kier alpha value is -1.06. The van der Waals surface area contributed by atoms with Crippen molar-refractivity contribution in [2.24, 2.45) is 17.8 Å². The summed E-state index contributed by atoms with van der Waals surface area (Å²) in [5, 5.41) is 0. The van der Waals surface area contributed by atoms with Gasteiger partial charge in [-0.15, -0.1) is 0 Å². The molecule has 4 nitrogen and oxygen atoms in total. The van der Waals surface area contributed by atoms with Crippen LogP contribution in [0.15, 0.2) is 0 Å². The van der Waals surface area contributed by atoms with Gasteiger partial charge in [0.25, 0.3) is 0 Å². The molecule has 0 aliphatic heterocycles. The van der Waals surface area contributed by atoms with Crippen LogP contribution in [0.2, 0.25) is 0 Å². The van der Waals surface area contributed by atoms with Gasteiger partial charge in [-0.05, 0) is 38.5 Å². The quantitative estimate of drug-likeness (QED) is 0.682. The minimum absolute atomic E-state index is 0.110. The first kappa shape index (κ1) is 12.4. The highest BCUT2D eigenvalue weighted by Crippen LogP contribution is 2.58. The summed E-state index contributed by atoms with van der Waals surface area (Å²) in [5.41, 5.74) is 0. The van der Waals surface area contributed by atoms with Crippen LogP contribution in [0.5, 0.6) is 0 Å². The summed E-state index contributed by atoms with van der Waals surface area (Å²) in [5.74, 6) is 1.29. The average Bonchev–Trinajstić information content (AvgIpc) is 2.79. The Morgan fingerprint density at radius 2 is 1.88 bits per heavy atom. The maximum atomic E-state index is 12.2. The van der Waals surface area contributed by atoms with Gasteiger partial charge in [0.05, 0.1) is 6.61 Å². The monoisotopic (exact) mass is 239 g/mol. The highest BCUT2D eigenvalue weighted by molar-refractivity contribution is 5.86. The first-order chi connectivity index (χ1) is 8.19. The molecule has 0 bridgehead atoms. The number of nitrogens with zero attached hydrogens (tertiary/aromatic N) is 1. The van der Waals surface area contributed by atoms with Crippen LogP contribution in [-0.4, -0.2) is 36.5 Å². The number of carbonyl (C=O) groups excluding carboxylic acids is 2. The predicted octanol–water partition coefficient (Wildman–Crippen LogP) is 1.44. The van der Waals surface area contributed by atoms with Gasteiger partial charge in [-0.2, -0.15) is 0 Å². The van der Waals surface area contributed by atoms with Gasteiger partial charge in [0.1, 0.15) is 6.54 Å². The van der Waals surface area contributed by atoms with Crippen LogP contribution < -0.4 is 0 Å². The second-order valence-corrected chi connectivity index (χ2v) is 4.94. The summed E-state index contributed by atoms with van der Waals surface area (Å²) >= 11 is 0. The van der Waals surface area contributed by atoms with Gasteiger partial charge in [-0.1, -0.05) is 6.42 Å².